The molecule has 0 heterocycles. The minimum Gasteiger partial charge on any atom is -0.319 e. The summed E-state index contributed by atoms with van der Waals surface area (Å²) >= 11 is 0. The van der Waals surface area contributed by atoms with E-state index in [9.17, 15) is 0 Å². The molecule has 0 radical (unpaired) electrons. The smallest absolute Gasteiger partial charge is 0.00235 e. The number of hydrogen-bond donors (Lipinski definition) is 1. The third kappa shape index (κ3) is 3.21. The summed E-state index contributed by atoms with van der Waals surface area (Å²) in [5.41, 5.74) is 0. The van der Waals surface area contributed by atoms with Gasteiger partial charge in [-0.1, -0.05) is 26.7 Å². The highest BCUT2D eigenvalue weighted by Gasteiger charge is 2.11. The summed E-state index contributed by atoms with van der Waals surface area (Å²) in [4.78, 5) is 0. The van der Waals surface area contributed by atoms with Crippen molar-refractivity contribution >= 4 is 0 Å². The van der Waals surface area contributed by atoms with E-state index in [2.05, 4.69) is 12.4 Å². The highest BCUT2D eigenvalue weighted by Crippen LogP contribution is 2.22. The molecule has 62 valence electrons. The van der Waals surface area contributed by atoms with E-state index >= 15 is 0 Å². The first kappa shape index (κ1) is 9.96. The Bertz CT molecular complexity index is 62.4. The lowest BCUT2D eigenvalue weighted by Gasteiger charge is -2.20. The maximum Gasteiger partial charge on any atom is -0.00235 e. The van der Waals surface area contributed by atoms with Gasteiger partial charge in [0.2, 0.25) is 0 Å². The van der Waals surface area contributed by atoms with Crippen molar-refractivity contribution in [3.05, 3.63) is 0 Å². The first-order chi connectivity index (χ1) is 4.43. The minimum atomic E-state index is 0. The van der Waals surface area contributed by atoms with Gasteiger partial charge in [-0.05, 0) is 32.4 Å². The molecule has 0 aromatic rings. The molecule has 10 heavy (non-hydrogen) atoms. The van der Waals surface area contributed by atoms with Gasteiger partial charge in [-0.2, -0.15) is 0 Å². The second-order valence-electron chi connectivity index (χ2n) is 3.06. The van der Waals surface area contributed by atoms with E-state index in [0.29, 0.717) is 0 Å². The largest absolute Gasteiger partial charge is 0.319 e. The first-order valence-electron chi connectivity index (χ1n) is 4.08. The molecular formula is C9H21N. The second-order valence-corrected chi connectivity index (χ2v) is 3.06. The Hall–Kier alpha value is -0.0400. The van der Waals surface area contributed by atoms with Crippen LogP contribution < -0.4 is 5.32 Å². The predicted octanol–water partition coefficient (Wildman–Crippen LogP) is 2.42. The van der Waals surface area contributed by atoms with Crippen molar-refractivity contribution in [2.45, 2.75) is 39.5 Å². The van der Waals surface area contributed by atoms with Crippen LogP contribution in [-0.4, -0.2) is 13.6 Å². The fraction of sp³-hybridized carbons (Fsp3) is 1.00. The Kier molecular flexibility index (Phi) is 5.70. The number of nitrogens with one attached hydrogen (secondary N) is 1. The molecule has 1 heteroatoms. The van der Waals surface area contributed by atoms with E-state index in [-0.39, 0.29) is 7.43 Å². The maximum atomic E-state index is 3.24. The van der Waals surface area contributed by atoms with Crippen LogP contribution in [-0.2, 0) is 0 Å². The first-order valence-corrected chi connectivity index (χ1v) is 4.08. The van der Waals surface area contributed by atoms with Crippen LogP contribution in [0.4, 0.5) is 0 Å². The molecule has 1 saturated carbocycles. The lowest BCUT2D eigenvalue weighted by Crippen LogP contribution is -2.20. The molecule has 0 saturated heterocycles. The third-order valence-corrected chi connectivity index (χ3v) is 2.22. The molecule has 0 amide bonds. The van der Waals surface area contributed by atoms with Gasteiger partial charge >= 0.3 is 0 Å². The molecule has 1 N–H and O–H groups in total. The van der Waals surface area contributed by atoms with Gasteiger partial charge in [-0.15, -0.1) is 0 Å². The van der Waals surface area contributed by atoms with Gasteiger partial charge in [0.05, 0.1) is 0 Å². The van der Waals surface area contributed by atoms with Crippen LogP contribution in [0.25, 0.3) is 0 Å². The van der Waals surface area contributed by atoms with Crippen molar-refractivity contribution in [3.8, 4) is 0 Å². The van der Waals surface area contributed by atoms with Gasteiger partial charge in [0.25, 0.3) is 0 Å². The number of hydrogen-bond acceptors (Lipinski definition) is 1. The van der Waals surface area contributed by atoms with Crippen molar-refractivity contribution in [2.75, 3.05) is 13.6 Å². The lowest BCUT2D eigenvalue weighted by atomic mass is 9.89. The topological polar surface area (TPSA) is 12.0 Å². The zero-order valence-corrected chi connectivity index (χ0v) is 6.32. The van der Waals surface area contributed by atoms with Crippen LogP contribution in [0.2, 0.25) is 0 Å². The molecule has 1 rings (SSSR count). The molecule has 1 fully saturated rings. The van der Waals surface area contributed by atoms with Gasteiger partial charge in [0, 0.05) is 0 Å². The van der Waals surface area contributed by atoms with Crippen molar-refractivity contribution in [3.63, 3.8) is 0 Å². The van der Waals surface area contributed by atoms with Crippen molar-refractivity contribution < 1.29 is 0 Å². The van der Waals surface area contributed by atoms with Crippen LogP contribution in [0.5, 0.6) is 0 Å². The predicted molar refractivity (Wildman–Crippen MR) is 47.2 cm³/mol. The second kappa shape index (κ2) is 5.72. The van der Waals surface area contributed by atoms with Crippen LogP contribution >= 0.6 is 0 Å². The van der Waals surface area contributed by atoms with Gasteiger partial charge in [-0.25, -0.2) is 0 Å². The maximum absolute atomic E-state index is 3.24. The fourth-order valence-corrected chi connectivity index (χ4v) is 1.68. The molecule has 1 aliphatic rings. The molecule has 0 aromatic heterocycles. The highest BCUT2D eigenvalue weighted by molar-refractivity contribution is 4.66. The molecule has 0 bridgehead atoms. The van der Waals surface area contributed by atoms with E-state index in [1.54, 1.807) is 0 Å². The van der Waals surface area contributed by atoms with Gasteiger partial charge < -0.3 is 5.32 Å². The van der Waals surface area contributed by atoms with Gasteiger partial charge in [0.15, 0.2) is 0 Å². The monoisotopic (exact) mass is 143 g/mol. The standard InChI is InChI=1S/C8H17N.CH4/c1-9-7-8-5-3-2-4-6-8;/h8-9H,2-7H2,1H3;1H4. The number of rotatable bonds is 2. The highest BCUT2D eigenvalue weighted by atomic mass is 14.8. The molecule has 0 atom stereocenters. The average Bonchev–Trinajstić information content (AvgIpc) is 1.91. The van der Waals surface area contributed by atoms with E-state index in [4.69, 9.17) is 0 Å². The van der Waals surface area contributed by atoms with Crippen LogP contribution in [0.1, 0.15) is 39.5 Å². The molecule has 1 aliphatic carbocycles. The quantitative estimate of drug-likeness (QED) is 0.626. The zero-order valence-electron chi connectivity index (χ0n) is 6.32. The van der Waals surface area contributed by atoms with Crippen LogP contribution in [0, 0.1) is 5.92 Å². The van der Waals surface area contributed by atoms with Crippen LogP contribution in [0.3, 0.4) is 0 Å². The summed E-state index contributed by atoms with van der Waals surface area (Å²) in [5.74, 6) is 0.990. The summed E-state index contributed by atoms with van der Waals surface area (Å²) in [7, 11) is 2.05. The molecule has 0 unspecified atom stereocenters. The fourth-order valence-electron chi connectivity index (χ4n) is 1.68. The Morgan fingerprint density at radius 3 is 2.30 bits per heavy atom. The Morgan fingerprint density at radius 1 is 1.20 bits per heavy atom. The molecule has 1 nitrogen and oxygen atoms in total. The van der Waals surface area contributed by atoms with Crippen molar-refractivity contribution in [1.82, 2.24) is 5.32 Å². The van der Waals surface area contributed by atoms with E-state index < -0.39 is 0 Å². The zero-order chi connectivity index (χ0) is 6.53. The summed E-state index contributed by atoms with van der Waals surface area (Å²) in [6, 6.07) is 0. The summed E-state index contributed by atoms with van der Waals surface area (Å²) in [6.07, 6.45) is 7.32. The van der Waals surface area contributed by atoms with E-state index in [1.165, 1.54) is 38.6 Å². The van der Waals surface area contributed by atoms with Crippen molar-refractivity contribution in [2.24, 2.45) is 5.92 Å². The van der Waals surface area contributed by atoms with Crippen molar-refractivity contribution in [1.29, 1.82) is 0 Å². The Labute approximate surface area is 65.2 Å². The summed E-state index contributed by atoms with van der Waals surface area (Å²) in [5, 5.41) is 3.24. The summed E-state index contributed by atoms with van der Waals surface area (Å²) in [6.45, 7) is 1.24. The van der Waals surface area contributed by atoms with Gasteiger partial charge in [0.1, 0.15) is 0 Å². The Balaban J connectivity index is 0.000000810. The van der Waals surface area contributed by atoms with Crippen LogP contribution in [0.15, 0.2) is 0 Å². The molecule has 0 aliphatic heterocycles. The normalized spacial score (nSPS) is 20.1. The minimum absolute atomic E-state index is 0. The van der Waals surface area contributed by atoms with Gasteiger partial charge in [-0.3, -0.25) is 0 Å². The lowest BCUT2D eigenvalue weighted by molar-refractivity contribution is 0.350. The van der Waals surface area contributed by atoms with E-state index in [1.807, 2.05) is 0 Å². The molecular weight excluding hydrogens is 122 g/mol. The molecule has 0 aromatic carbocycles. The SMILES string of the molecule is C.CNCC1CCCCC1. The third-order valence-electron chi connectivity index (χ3n) is 2.22. The summed E-state index contributed by atoms with van der Waals surface area (Å²) < 4.78 is 0. The molecule has 0 spiro atoms. The average molecular weight is 143 g/mol. The Morgan fingerprint density at radius 2 is 1.80 bits per heavy atom. The van der Waals surface area contributed by atoms with E-state index in [0.717, 1.165) is 5.92 Å².